The minimum atomic E-state index is 0.590. The van der Waals surface area contributed by atoms with Crippen molar-refractivity contribution in [1.82, 2.24) is 4.90 Å². The summed E-state index contributed by atoms with van der Waals surface area (Å²) in [7, 11) is 1.68. The van der Waals surface area contributed by atoms with Gasteiger partial charge in [-0.2, -0.15) is 0 Å². The lowest BCUT2D eigenvalue weighted by Gasteiger charge is -2.35. The van der Waals surface area contributed by atoms with E-state index in [1.807, 2.05) is 12.1 Å². The fourth-order valence-electron chi connectivity index (χ4n) is 2.35. The lowest BCUT2D eigenvalue weighted by Crippen LogP contribution is -2.46. The minimum Gasteiger partial charge on any atom is -0.491 e. The lowest BCUT2D eigenvalue weighted by atomic mass is 10.2. The van der Waals surface area contributed by atoms with Gasteiger partial charge in [0.2, 0.25) is 0 Å². The number of benzene rings is 1. The molecule has 0 unspecified atom stereocenters. The van der Waals surface area contributed by atoms with Crippen molar-refractivity contribution in [2.75, 3.05) is 63.8 Å². The minimum absolute atomic E-state index is 0.590. The highest BCUT2D eigenvalue weighted by atomic mass is 35.5. The first-order valence-corrected chi connectivity index (χ1v) is 7.62. The number of piperazine rings is 1. The van der Waals surface area contributed by atoms with Crippen molar-refractivity contribution < 1.29 is 9.47 Å². The van der Waals surface area contributed by atoms with E-state index in [0.717, 1.165) is 38.5 Å². The first-order valence-electron chi connectivity index (χ1n) is 7.08. The normalized spacial score (nSPS) is 16.4. The molecular weight excluding hydrogens is 276 g/mol. The average Bonchev–Trinajstić information content (AvgIpc) is 2.49. The maximum atomic E-state index is 5.78. The van der Waals surface area contributed by atoms with Gasteiger partial charge in [0.15, 0.2) is 0 Å². The van der Waals surface area contributed by atoms with Gasteiger partial charge in [-0.25, -0.2) is 0 Å². The van der Waals surface area contributed by atoms with Crippen molar-refractivity contribution in [2.45, 2.75) is 0 Å². The number of nitrogens with zero attached hydrogens (tertiary/aromatic N) is 2. The molecule has 0 saturated carbocycles. The number of hydrogen-bond acceptors (Lipinski definition) is 4. The summed E-state index contributed by atoms with van der Waals surface area (Å²) >= 11 is 5.78. The first kappa shape index (κ1) is 15.4. The van der Waals surface area contributed by atoms with Crippen LogP contribution in [-0.2, 0) is 4.74 Å². The highest BCUT2D eigenvalue weighted by Crippen LogP contribution is 2.20. The maximum absolute atomic E-state index is 5.78. The molecule has 5 heteroatoms. The number of ether oxygens (including phenoxy) is 2. The second-order valence-electron chi connectivity index (χ2n) is 4.85. The monoisotopic (exact) mass is 298 g/mol. The molecule has 1 aliphatic rings. The zero-order valence-electron chi connectivity index (χ0n) is 12.1. The Kier molecular flexibility index (Phi) is 6.43. The number of alkyl halides is 1. The number of hydrogen-bond donors (Lipinski definition) is 0. The molecule has 112 valence electrons. The Morgan fingerprint density at radius 1 is 1.05 bits per heavy atom. The van der Waals surface area contributed by atoms with Crippen LogP contribution in [0.15, 0.2) is 24.3 Å². The second-order valence-corrected chi connectivity index (χ2v) is 5.23. The van der Waals surface area contributed by atoms with Crippen LogP contribution in [0.2, 0.25) is 0 Å². The smallest absolute Gasteiger partial charge is 0.119 e. The zero-order chi connectivity index (χ0) is 14.2. The van der Waals surface area contributed by atoms with Gasteiger partial charge in [-0.3, -0.25) is 4.90 Å². The van der Waals surface area contributed by atoms with E-state index in [1.54, 1.807) is 7.11 Å². The van der Waals surface area contributed by atoms with Crippen LogP contribution in [0, 0.1) is 0 Å². The molecule has 1 saturated heterocycles. The van der Waals surface area contributed by atoms with E-state index in [1.165, 1.54) is 5.69 Å². The van der Waals surface area contributed by atoms with Crippen LogP contribution in [0.5, 0.6) is 5.75 Å². The maximum Gasteiger partial charge on any atom is 0.119 e. The fourth-order valence-corrected chi connectivity index (χ4v) is 2.58. The van der Waals surface area contributed by atoms with Crippen LogP contribution < -0.4 is 9.64 Å². The van der Waals surface area contributed by atoms with E-state index in [0.29, 0.717) is 19.1 Å². The molecule has 1 fully saturated rings. The van der Waals surface area contributed by atoms with Gasteiger partial charge >= 0.3 is 0 Å². The third-order valence-corrected chi connectivity index (χ3v) is 3.70. The summed E-state index contributed by atoms with van der Waals surface area (Å²) in [6, 6.07) is 8.30. The molecule has 0 amide bonds. The summed E-state index contributed by atoms with van der Waals surface area (Å²) in [5.74, 6) is 1.61. The van der Waals surface area contributed by atoms with Crippen molar-refractivity contribution in [3.8, 4) is 5.75 Å². The predicted octanol–water partition coefficient (Wildman–Crippen LogP) is 2.07. The van der Waals surface area contributed by atoms with Crippen LogP contribution in [0.25, 0.3) is 0 Å². The van der Waals surface area contributed by atoms with E-state index in [-0.39, 0.29) is 0 Å². The Hall–Kier alpha value is -0.970. The standard InChI is InChI=1S/C15H23ClN2O2/c1-19-12-13-20-15-4-2-14(3-5-15)18-10-8-17(7-6-16)9-11-18/h2-5H,6-13H2,1H3. The summed E-state index contributed by atoms with van der Waals surface area (Å²) in [6.07, 6.45) is 0. The van der Waals surface area contributed by atoms with Crippen LogP contribution in [0.1, 0.15) is 0 Å². The molecule has 0 N–H and O–H groups in total. The van der Waals surface area contributed by atoms with Crippen molar-refractivity contribution in [3.63, 3.8) is 0 Å². The molecule has 0 aliphatic carbocycles. The van der Waals surface area contributed by atoms with Crippen molar-refractivity contribution in [2.24, 2.45) is 0 Å². The molecule has 0 atom stereocenters. The van der Waals surface area contributed by atoms with Gasteiger partial charge in [0.25, 0.3) is 0 Å². The molecule has 0 bridgehead atoms. The summed E-state index contributed by atoms with van der Waals surface area (Å²) in [5.41, 5.74) is 1.26. The fraction of sp³-hybridized carbons (Fsp3) is 0.600. The number of rotatable bonds is 7. The van der Waals surface area contributed by atoms with Crippen LogP contribution >= 0.6 is 11.6 Å². The molecule has 0 aromatic heterocycles. The molecule has 1 heterocycles. The van der Waals surface area contributed by atoms with E-state index >= 15 is 0 Å². The Morgan fingerprint density at radius 2 is 1.75 bits per heavy atom. The highest BCUT2D eigenvalue weighted by Gasteiger charge is 2.16. The van der Waals surface area contributed by atoms with E-state index in [2.05, 4.69) is 21.9 Å². The summed E-state index contributed by atoms with van der Waals surface area (Å²) in [4.78, 5) is 4.81. The zero-order valence-corrected chi connectivity index (χ0v) is 12.8. The van der Waals surface area contributed by atoms with Gasteiger partial charge in [0, 0.05) is 51.4 Å². The first-order chi connectivity index (χ1) is 9.83. The molecule has 2 rings (SSSR count). The lowest BCUT2D eigenvalue weighted by molar-refractivity contribution is 0.146. The number of anilines is 1. The van der Waals surface area contributed by atoms with E-state index in [9.17, 15) is 0 Å². The molecule has 4 nitrogen and oxygen atoms in total. The topological polar surface area (TPSA) is 24.9 Å². The molecule has 0 spiro atoms. The van der Waals surface area contributed by atoms with Gasteiger partial charge in [0.05, 0.1) is 6.61 Å². The number of methoxy groups -OCH3 is 1. The largest absolute Gasteiger partial charge is 0.491 e. The second kappa shape index (κ2) is 8.35. The van der Waals surface area contributed by atoms with Crippen molar-refractivity contribution >= 4 is 17.3 Å². The van der Waals surface area contributed by atoms with Crippen molar-refractivity contribution in [1.29, 1.82) is 0 Å². The van der Waals surface area contributed by atoms with Gasteiger partial charge in [-0.1, -0.05) is 0 Å². The van der Waals surface area contributed by atoms with Gasteiger partial charge in [0.1, 0.15) is 12.4 Å². The van der Waals surface area contributed by atoms with E-state index < -0.39 is 0 Å². The quantitative estimate of drug-likeness (QED) is 0.568. The molecule has 1 aromatic carbocycles. The summed E-state index contributed by atoms with van der Waals surface area (Å²) in [5, 5.41) is 0. The van der Waals surface area contributed by atoms with Crippen LogP contribution in [0.4, 0.5) is 5.69 Å². The Labute approximate surface area is 126 Å². The third-order valence-electron chi connectivity index (χ3n) is 3.53. The Morgan fingerprint density at radius 3 is 2.35 bits per heavy atom. The van der Waals surface area contributed by atoms with Gasteiger partial charge in [-0.05, 0) is 24.3 Å². The molecular formula is C15H23ClN2O2. The van der Waals surface area contributed by atoms with E-state index in [4.69, 9.17) is 21.1 Å². The predicted molar refractivity (Wildman–Crippen MR) is 83.2 cm³/mol. The van der Waals surface area contributed by atoms with Gasteiger partial charge < -0.3 is 14.4 Å². The molecule has 20 heavy (non-hydrogen) atoms. The number of halogens is 1. The SMILES string of the molecule is COCCOc1ccc(N2CCN(CCCl)CC2)cc1. The van der Waals surface area contributed by atoms with Crippen LogP contribution in [-0.4, -0.2) is 63.8 Å². The molecule has 1 aliphatic heterocycles. The summed E-state index contributed by atoms with van der Waals surface area (Å²) in [6.45, 7) is 6.47. The average molecular weight is 299 g/mol. The highest BCUT2D eigenvalue weighted by molar-refractivity contribution is 6.18. The Bertz CT molecular complexity index is 378. The van der Waals surface area contributed by atoms with Crippen LogP contribution in [0.3, 0.4) is 0 Å². The van der Waals surface area contributed by atoms with Crippen molar-refractivity contribution in [3.05, 3.63) is 24.3 Å². The molecule has 0 radical (unpaired) electrons. The Balaban J connectivity index is 1.81. The van der Waals surface area contributed by atoms with Gasteiger partial charge in [-0.15, -0.1) is 11.6 Å². The third kappa shape index (κ3) is 4.54. The summed E-state index contributed by atoms with van der Waals surface area (Å²) < 4.78 is 10.5. The molecule has 1 aromatic rings.